The summed E-state index contributed by atoms with van der Waals surface area (Å²) < 4.78 is 0. The highest BCUT2D eigenvalue weighted by Gasteiger charge is 2.52. The Morgan fingerprint density at radius 1 is 0.275 bits per heavy atom. The van der Waals surface area contributed by atoms with Crippen LogP contribution in [0.15, 0.2) is 237 Å². The van der Waals surface area contributed by atoms with Gasteiger partial charge in [-0.3, -0.25) is 0 Å². The molecular weight excluding hydrogens is 831 g/mol. The van der Waals surface area contributed by atoms with E-state index in [2.05, 4.69) is 255 Å². The minimum atomic E-state index is -0.524. The molecule has 3 aliphatic rings. The van der Waals surface area contributed by atoms with Crippen molar-refractivity contribution in [3.63, 3.8) is 0 Å². The Hall–Kier alpha value is -8.52. The van der Waals surface area contributed by atoms with Crippen molar-refractivity contribution in [2.24, 2.45) is 0 Å². The van der Waals surface area contributed by atoms with Crippen LogP contribution in [-0.4, -0.2) is 0 Å². The highest BCUT2D eigenvalue weighted by molar-refractivity contribution is 6.26. The van der Waals surface area contributed by atoms with Crippen LogP contribution in [0.4, 0.5) is 17.1 Å². The molecule has 15 rings (SSSR count). The molecule has 0 amide bonds. The van der Waals surface area contributed by atoms with E-state index in [0.717, 1.165) is 17.1 Å². The zero-order valence-electron chi connectivity index (χ0n) is 38.5. The lowest BCUT2D eigenvalue weighted by Crippen LogP contribution is -2.26. The first-order valence-corrected chi connectivity index (χ1v) is 24.3. The zero-order chi connectivity index (χ0) is 45.6. The van der Waals surface area contributed by atoms with Crippen molar-refractivity contribution >= 4 is 60.2 Å². The van der Waals surface area contributed by atoms with Gasteiger partial charge in [0.1, 0.15) is 0 Å². The summed E-state index contributed by atoms with van der Waals surface area (Å²) in [5.74, 6) is 0. The van der Waals surface area contributed by atoms with Crippen LogP contribution in [0, 0.1) is 0 Å². The smallest absolute Gasteiger partial charge is 0.0726 e. The van der Waals surface area contributed by atoms with Gasteiger partial charge in [-0.05, 0) is 140 Å². The number of fused-ring (bicyclic) bond motifs is 20. The van der Waals surface area contributed by atoms with Gasteiger partial charge in [0.05, 0.1) is 16.8 Å². The summed E-state index contributed by atoms with van der Waals surface area (Å²) >= 11 is 0. The maximum atomic E-state index is 2.61. The topological polar surface area (TPSA) is 3.24 Å². The molecule has 0 saturated carbocycles. The third-order valence-corrected chi connectivity index (χ3v) is 16.2. The van der Waals surface area contributed by atoms with E-state index in [0.29, 0.717) is 0 Å². The fourth-order valence-corrected chi connectivity index (χ4v) is 13.4. The molecule has 0 N–H and O–H groups in total. The van der Waals surface area contributed by atoms with E-state index >= 15 is 0 Å². The molecule has 69 heavy (non-hydrogen) atoms. The van der Waals surface area contributed by atoms with Crippen LogP contribution < -0.4 is 4.90 Å². The quantitative estimate of drug-likeness (QED) is 0.159. The van der Waals surface area contributed by atoms with E-state index in [1.165, 1.54) is 121 Å². The lowest BCUT2D eigenvalue weighted by Gasteiger charge is -2.34. The Bertz CT molecular complexity index is 4100. The standard InChI is InChI=1S/C68H45N/c1-67(2)59-32-13-9-28-52(59)54-30-18-31-55(66(54)67)58-40-57-53-29-12-16-35-62(53)68(60-33-14-10-26-50(60)51-27-11-15-34-61(51)68)63(57)41-65(58)69(64-36-17-20-42-19-3-4-21-44(42)64)43-37-38-49-47-24-6-5-22-45(47)46-23-7-8-25-48(46)56(49)39-43/h3-41H,1-2H3. The van der Waals surface area contributed by atoms with E-state index in [9.17, 15) is 0 Å². The Kier molecular flexibility index (Phi) is 7.83. The zero-order valence-corrected chi connectivity index (χ0v) is 38.5. The maximum Gasteiger partial charge on any atom is 0.0726 e. The molecular formula is C68H45N. The molecule has 0 unspecified atom stereocenters. The molecule has 0 fully saturated rings. The average Bonchev–Trinajstić information content (AvgIpc) is 3.97. The summed E-state index contributed by atoms with van der Waals surface area (Å²) in [4.78, 5) is 2.61. The summed E-state index contributed by atoms with van der Waals surface area (Å²) in [6, 6.07) is 89.7. The van der Waals surface area contributed by atoms with Gasteiger partial charge in [0.2, 0.25) is 0 Å². The van der Waals surface area contributed by atoms with Crippen LogP contribution in [0.3, 0.4) is 0 Å². The first-order valence-electron chi connectivity index (χ1n) is 24.3. The van der Waals surface area contributed by atoms with E-state index in [-0.39, 0.29) is 5.41 Å². The van der Waals surface area contributed by atoms with Gasteiger partial charge in [-0.25, -0.2) is 0 Å². The highest BCUT2D eigenvalue weighted by Crippen LogP contribution is 2.65. The van der Waals surface area contributed by atoms with Crippen LogP contribution >= 0.6 is 0 Å². The van der Waals surface area contributed by atoms with Gasteiger partial charge in [-0.15, -0.1) is 0 Å². The first kappa shape index (κ1) is 38.6. The molecule has 0 aromatic heterocycles. The Morgan fingerprint density at radius 2 is 0.710 bits per heavy atom. The lowest BCUT2D eigenvalue weighted by atomic mass is 9.70. The van der Waals surface area contributed by atoms with Crippen LogP contribution in [0.5, 0.6) is 0 Å². The average molecular weight is 876 g/mol. The SMILES string of the molecule is CC1(C)c2ccccc2-c2cccc(-c3cc4c(cc3N(c3ccc5c6ccccc6c6ccccc6c5c3)c3cccc5ccccc35)C3(c5ccccc5-c5ccccc53)c3ccccc3-4)c21. The molecule has 1 spiro atoms. The first-order chi connectivity index (χ1) is 34.0. The van der Waals surface area contributed by atoms with Crippen molar-refractivity contribution < 1.29 is 0 Å². The number of anilines is 3. The minimum Gasteiger partial charge on any atom is -0.309 e. The second-order valence-electron chi connectivity index (χ2n) is 19.9. The second-order valence-corrected chi connectivity index (χ2v) is 19.9. The molecule has 0 aliphatic heterocycles. The van der Waals surface area contributed by atoms with Crippen molar-refractivity contribution in [1.29, 1.82) is 0 Å². The van der Waals surface area contributed by atoms with Crippen LogP contribution in [0.1, 0.15) is 47.2 Å². The molecule has 0 heterocycles. The van der Waals surface area contributed by atoms with Crippen molar-refractivity contribution in [1.82, 2.24) is 0 Å². The highest BCUT2D eigenvalue weighted by atomic mass is 15.1. The fraction of sp³-hybridized carbons (Fsp3) is 0.0588. The van der Waals surface area contributed by atoms with Crippen LogP contribution in [0.25, 0.3) is 87.6 Å². The van der Waals surface area contributed by atoms with Gasteiger partial charge in [-0.2, -0.15) is 0 Å². The normalized spacial score (nSPS) is 14.2. The van der Waals surface area contributed by atoms with Crippen molar-refractivity contribution in [3.05, 3.63) is 270 Å². The summed E-state index contributed by atoms with van der Waals surface area (Å²) in [7, 11) is 0. The molecule has 12 aromatic rings. The van der Waals surface area contributed by atoms with Crippen molar-refractivity contribution in [2.75, 3.05) is 4.90 Å². The number of hydrogen-bond donors (Lipinski definition) is 0. The minimum absolute atomic E-state index is 0.242. The Balaban J connectivity index is 1.12. The Labute approximate surface area is 402 Å². The van der Waals surface area contributed by atoms with Crippen molar-refractivity contribution in [2.45, 2.75) is 24.7 Å². The van der Waals surface area contributed by atoms with E-state index in [4.69, 9.17) is 0 Å². The number of hydrogen-bond acceptors (Lipinski definition) is 1. The van der Waals surface area contributed by atoms with Gasteiger partial charge < -0.3 is 4.90 Å². The molecule has 0 saturated heterocycles. The monoisotopic (exact) mass is 875 g/mol. The molecule has 1 heteroatoms. The van der Waals surface area contributed by atoms with Gasteiger partial charge in [-0.1, -0.05) is 220 Å². The Morgan fingerprint density at radius 3 is 1.33 bits per heavy atom. The third kappa shape index (κ3) is 5.04. The molecule has 0 bridgehead atoms. The number of rotatable bonds is 4. The van der Waals surface area contributed by atoms with Gasteiger partial charge in [0.25, 0.3) is 0 Å². The van der Waals surface area contributed by atoms with Crippen molar-refractivity contribution in [3.8, 4) is 44.5 Å². The maximum absolute atomic E-state index is 2.61. The molecule has 0 radical (unpaired) electrons. The summed E-state index contributed by atoms with van der Waals surface area (Å²) in [5.41, 5.74) is 21.1. The summed E-state index contributed by atoms with van der Waals surface area (Å²) in [5, 5.41) is 10.00. The van der Waals surface area contributed by atoms with Gasteiger partial charge in [0, 0.05) is 22.1 Å². The fourth-order valence-electron chi connectivity index (χ4n) is 13.4. The van der Waals surface area contributed by atoms with Gasteiger partial charge >= 0.3 is 0 Å². The predicted octanol–water partition coefficient (Wildman–Crippen LogP) is 18.1. The summed E-state index contributed by atoms with van der Waals surface area (Å²) in [6.45, 7) is 4.85. The predicted molar refractivity (Wildman–Crippen MR) is 290 cm³/mol. The molecule has 0 atom stereocenters. The summed E-state index contributed by atoms with van der Waals surface area (Å²) in [6.07, 6.45) is 0. The van der Waals surface area contributed by atoms with E-state index < -0.39 is 5.41 Å². The van der Waals surface area contributed by atoms with Crippen LogP contribution in [0.2, 0.25) is 0 Å². The van der Waals surface area contributed by atoms with E-state index in [1.54, 1.807) is 0 Å². The molecule has 1 nitrogen and oxygen atoms in total. The van der Waals surface area contributed by atoms with Crippen LogP contribution in [-0.2, 0) is 10.8 Å². The number of nitrogens with zero attached hydrogens (tertiary/aromatic N) is 1. The largest absolute Gasteiger partial charge is 0.309 e. The molecule has 3 aliphatic carbocycles. The number of benzene rings is 12. The third-order valence-electron chi connectivity index (χ3n) is 16.2. The lowest BCUT2D eigenvalue weighted by molar-refractivity contribution is 0.662. The second kappa shape index (κ2) is 14.0. The van der Waals surface area contributed by atoms with Gasteiger partial charge in [0.15, 0.2) is 0 Å². The molecule has 322 valence electrons. The molecule has 12 aromatic carbocycles. The van der Waals surface area contributed by atoms with E-state index in [1.807, 2.05) is 0 Å².